The quantitative estimate of drug-likeness (QED) is 0.355. The maximum Gasteiger partial charge on any atom is 0.259 e. The van der Waals surface area contributed by atoms with Gasteiger partial charge in [-0.25, -0.2) is 15.0 Å². The Morgan fingerprint density at radius 1 is 1.08 bits per heavy atom. The maximum absolute atomic E-state index is 12.2. The number of nitrogens with two attached hydrogens (primary N) is 1. The zero-order valence-corrected chi connectivity index (χ0v) is 21.1. The molecule has 196 valence electrons. The van der Waals surface area contributed by atoms with Crippen LogP contribution in [0.15, 0.2) is 60.0 Å². The molecular weight excluding hydrogens is 482 g/mol. The number of aromatic amines is 1. The predicted octanol–water partition coefficient (Wildman–Crippen LogP) is 3.11. The zero-order valence-electron chi connectivity index (χ0n) is 21.1. The van der Waals surface area contributed by atoms with Gasteiger partial charge in [0, 0.05) is 80.0 Å². The molecule has 2 aliphatic heterocycles. The monoisotopic (exact) mass is 513 g/mol. The molecule has 0 spiro atoms. The van der Waals surface area contributed by atoms with Crippen LogP contribution >= 0.6 is 0 Å². The first-order valence-electron chi connectivity index (χ1n) is 13.0. The third kappa shape index (κ3) is 5.15. The van der Waals surface area contributed by atoms with Crippen LogP contribution in [0.2, 0.25) is 0 Å². The predicted molar refractivity (Wildman–Crippen MR) is 145 cm³/mol. The van der Waals surface area contributed by atoms with Gasteiger partial charge in [0.25, 0.3) is 5.56 Å². The third-order valence-electron chi connectivity index (χ3n) is 7.13. The van der Waals surface area contributed by atoms with Crippen LogP contribution in [0, 0.1) is 0 Å². The van der Waals surface area contributed by atoms with E-state index in [1.807, 2.05) is 18.5 Å². The summed E-state index contributed by atoms with van der Waals surface area (Å²) >= 11 is 0. The SMILES string of the molecule is N[C@H]1CCCN(c2cc(Nc3ccnc(-c4ccc[nH]c4=O)n3)ncc2-c2cnn(C3CCOCC3)c2)C1. The van der Waals surface area contributed by atoms with Crippen LogP contribution in [0.4, 0.5) is 17.3 Å². The normalized spacial score (nSPS) is 18.4. The lowest BCUT2D eigenvalue weighted by Gasteiger charge is -2.34. The lowest BCUT2D eigenvalue weighted by atomic mass is 10.0. The van der Waals surface area contributed by atoms with Gasteiger partial charge < -0.3 is 25.7 Å². The van der Waals surface area contributed by atoms with E-state index in [0.717, 1.165) is 68.8 Å². The molecule has 2 saturated heterocycles. The molecule has 4 aromatic heterocycles. The van der Waals surface area contributed by atoms with Crippen molar-refractivity contribution in [1.29, 1.82) is 0 Å². The smallest absolute Gasteiger partial charge is 0.259 e. The molecule has 6 heterocycles. The van der Waals surface area contributed by atoms with Crippen molar-refractivity contribution in [2.24, 2.45) is 5.73 Å². The molecular formula is C27H31N9O2. The second-order valence-corrected chi connectivity index (χ2v) is 9.79. The molecule has 11 heteroatoms. The van der Waals surface area contributed by atoms with Gasteiger partial charge >= 0.3 is 0 Å². The average molecular weight is 514 g/mol. The van der Waals surface area contributed by atoms with Crippen LogP contribution in [0.25, 0.3) is 22.5 Å². The number of piperidine rings is 1. The molecule has 6 rings (SSSR count). The van der Waals surface area contributed by atoms with Gasteiger partial charge in [-0.15, -0.1) is 0 Å². The molecule has 2 fully saturated rings. The molecule has 0 amide bonds. The highest BCUT2D eigenvalue weighted by atomic mass is 16.5. The van der Waals surface area contributed by atoms with Gasteiger partial charge in [0.05, 0.1) is 17.8 Å². The first-order valence-corrected chi connectivity index (χ1v) is 13.0. The number of ether oxygens (including phenoxy) is 1. The van der Waals surface area contributed by atoms with E-state index in [4.69, 9.17) is 15.5 Å². The minimum atomic E-state index is -0.239. The van der Waals surface area contributed by atoms with Crippen molar-refractivity contribution in [1.82, 2.24) is 29.7 Å². The molecule has 0 saturated carbocycles. The van der Waals surface area contributed by atoms with Crippen molar-refractivity contribution in [3.05, 3.63) is 65.6 Å². The second-order valence-electron chi connectivity index (χ2n) is 9.79. The van der Waals surface area contributed by atoms with Gasteiger partial charge in [-0.2, -0.15) is 5.10 Å². The topological polar surface area (TPSA) is 140 Å². The van der Waals surface area contributed by atoms with Gasteiger partial charge in [-0.3, -0.25) is 9.48 Å². The van der Waals surface area contributed by atoms with E-state index in [0.29, 0.717) is 29.1 Å². The summed E-state index contributed by atoms with van der Waals surface area (Å²) in [5.74, 6) is 1.54. The summed E-state index contributed by atoms with van der Waals surface area (Å²) in [5, 5.41) is 7.98. The van der Waals surface area contributed by atoms with E-state index in [2.05, 4.69) is 41.1 Å². The van der Waals surface area contributed by atoms with E-state index in [-0.39, 0.29) is 11.6 Å². The van der Waals surface area contributed by atoms with Crippen molar-refractivity contribution >= 4 is 17.3 Å². The highest BCUT2D eigenvalue weighted by Gasteiger charge is 2.23. The number of H-pyrrole nitrogens is 1. The molecule has 38 heavy (non-hydrogen) atoms. The lowest BCUT2D eigenvalue weighted by Crippen LogP contribution is -2.43. The standard InChI is InChI=1S/C27H31N9O2/c28-19-3-2-10-35(17-19)23-13-25(33-24-5-9-29-26(34-24)21-4-1-8-30-27(21)37)31-15-22(23)18-14-32-36(16-18)20-6-11-38-12-7-20/h1,4-5,8-9,13-16,19-20H,2-3,6-7,10-12,17,28H2,(H,30,37)(H,29,31,33,34)/t19-/m0/s1. The van der Waals surface area contributed by atoms with E-state index in [9.17, 15) is 4.79 Å². The van der Waals surface area contributed by atoms with Crippen molar-refractivity contribution in [3.63, 3.8) is 0 Å². The summed E-state index contributed by atoms with van der Waals surface area (Å²) in [6, 6.07) is 7.71. The van der Waals surface area contributed by atoms with Crippen LogP contribution in [-0.2, 0) is 4.74 Å². The highest BCUT2D eigenvalue weighted by Crippen LogP contribution is 2.35. The van der Waals surface area contributed by atoms with E-state index >= 15 is 0 Å². The zero-order chi connectivity index (χ0) is 25.9. The molecule has 0 radical (unpaired) electrons. The van der Waals surface area contributed by atoms with Gasteiger partial charge in [-0.05, 0) is 43.9 Å². The van der Waals surface area contributed by atoms with Crippen LogP contribution in [0.3, 0.4) is 0 Å². The van der Waals surface area contributed by atoms with E-state index in [1.165, 1.54) is 0 Å². The number of nitrogens with zero attached hydrogens (tertiary/aromatic N) is 6. The van der Waals surface area contributed by atoms with Gasteiger partial charge in [0.1, 0.15) is 11.6 Å². The number of hydrogen-bond acceptors (Lipinski definition) is 9. The maximum atomic E-state index is 12.2. The molecule has 0 unspecified atom stereocenters. The Balaban J connectivity index is 1.32. The van der Waals surface area contributed by atoms with Crippen LogP contribution in [0.1, 0.15) is 31.7 Å². The number of aromatic nitrogens is 6. The fraction of sp³-hybridized carbons (Fsp3) is 0.370. The minimum Gasteiger partial charge on any atom is -0.381 e. The molecule has 4 N–H and O–H groups in total. The van der Waals surface area contributed by atoms with Crippen molar-refractivity contribution in [2.75, 3.05) is 36.5 Å². The molecule has 0 bridgehead atoms. The van der Waals surface area contributed by atoms with Gasteiger partial charge in [-0.1, -0.05) is 0 Å². The van der Waals surface area contributed by atoms with Crippen LogP contribution < -0.4 is 21.5 Å². The first kappa shape index (κ1) is 24.3. The molecule has 0 aliphatic carbocycles. The van der Waals surface area contributed by atoms with Crippen LogP contribution in [-0.4, -0.2) is 62.1 Å². The number of anilines is 3. The van der Waals surface area contributed by atoms with E-state index < -0.39 is 0 Å². The first-order chi connectivity index (χ1) is 18.6. The number of hydrogen-bond donors (Lipinski definition) is 3. The largest absolute Gasteiger partial charge is 0.381 e. The van der Waals surface area contributed by atoms with Crippen molar-refractivity contribution in [3.8, 4) is 22.5 Å². The van der Waals surface area contributed by atoms with Crippen LogP contribution in [0.5, 0.6) is 0 Å². The summed E-state index contributed by atoms with van der Waals surface area (Å²) in [5.41, 5.74) is 9.61. The Kier molecular flexibility index (Phi) is 6.84. The second kappa shape index (κ2) is 10.7. The summed E-state index contributed by atoms with van der Waals surface area (Å²) in [4.78, 5) is 30.7. The summed E-state index contributed by atoms with van der Waals surface area (Å²) in [7, 11) is 0. The molecule has 4 aromatic rings. The van der Waals surface area contributed by atoms with Gasteiger partial charge in [0.2, 0.25) is 0 Å². The Morgan fingerprint density at radius 3 is 2.82 bits per heavy atom. The average Bonchev–Trinajstić information content (AvgIpc) is 3.44. The minimum absolute atomic E-state index is 0.125. The fourth-order valence-corrected chi connectivity index (χ4v) is 5.14. The summed E-state index contributed by atoms with van der Waals surface area (Å²) in [6.45, 7) is 3.23. The van der Waals surface area contributed by atoms with E-state index in [1.54, 1.807) is 30.6 Å². The Bertz CT molecular complexity index is 1460. The van der Waals surface area contributed by atoms with Gasteiger partial charge in [0.15, 0.2) is 5.82 Å². The molecule has 0 aromatic carbocycles. The Hall–Kier alpha value is -4.09. The molecule has 11 nitrogen and oxygen atoms in total. The third-order valence-corrected chi connectivity index (χ3v) is 7.13. The fourth-order valence-electron chi connectivity index (χ4n) is 5.14. The highest BCUT2D eigenvalue weighted by molar-refractivity contribution is 5.80. The number of nitrogens with one attached hydrogen (secondary N) is 2. The van der Waals surface area contributed by atoms with Crippen molar-refractivity contribution < 1.29 is 4.74 Å². The lowest BCUT2D eigenvalue weighted by molar-refractivity contribution is 0.0662. The number of rotatable bonds is 6. The number of pyridine rings is 2. The Morgan fingerprint density at radius 2 is 1.97 bits per heavy atom. The Labute approximate surface area is 220 Å². The summed E-state index contributed by atoms with van der Waals surface area (Å²) in [6.07, 6.45) is 13.1. The summed E-state index contributed by atoms with van der Waals surface area (Å²) < 4.78 is 7.58. The molecule has 2 aliphatic rings. The van der Waals surface area contributed by atoms with Crippen molar-refractivity contribution in [2.45, 2.75) is 37.8 Å². The molecule has 1 atom stereocenters.